The van der Waals surface area contributed by atoms with E-state index in [1.54, 1.807) is 11.3 Å². The lowest BCUT2D eigenvalue weighted by Crippen LogP contribution is -2.18. The molecule has 6 heteroatoms. The Labute approximate surface area is 111 Å². The maximum absolute atomic E-state index is 5.44. The molecule has 2 heterocycles. The highest BCUT2D eigenvalue weighted by Crippen LogP contribution is 2.17. The van der Waals surface area contributed by atoms with Gasteiger partial charge in [0.25, 0.3) is 0 Å². The number of nitrogens with zero attached hydrogens (tertiary/aromatic N) is 3. The molecule has 0 aliphatic rings. The fraction of sp³-hybridized carbons (Fsp3) is 0.583. The van der Waals surface area contributed by atoms with Gasteiger partial charge in [-0.05, 0) is 13.3 Å². The van der Waals surface area contributed by atoms with Gasteiger partial charge in [-0.25, -0.2) is 4.98 Å². The molecule has 1 atom stereocenters. The van der Waals surface area contributed by atoms with Crippen LogP contribution in [0.2, 0.25) is 0 Å². The molecule has 1 N–H and O–H groups in total. The summed E-state index contributed by atoms with van der Waals surface area (Å²) in [6.07, 6.45) is 1.76. The van der Waals surface area contributed by atoms with E-state index in [2.05, 4.69) is 39.7 Å². The molecule has 0 fully saturated rings. The molecule has 2 aromatic rings. The van der Waals surface area contributed by atoms with E-state index in [0.29, 0.717) is 18.3 Å². The number of rotatable bonds is 6. The summed E-state index contributed by atoms with van der Waals surface area (Å²) < 4.78 is 5.44. The van der Waals surface area contributed by atoms with Crippen molar-refractivity contribution in [3.05, 3.63) is 27.9 Å². The standard InChI is InChI=1S/C12H18N4OS/c1-4-10-15-16-11(17-10)6-13-8(3)9-7-18-12(5-2)14-9/h7-8,13H,4-6H2,1-3H3/t8-/m1/s1. The highest BCUT2D eigenvalue weighted by atomic mass is 32.1. The minimum Gasteiger partial charge on any atom is -0.424 e. The van der Waals surface area contributed by atoms with E-state index in [0.717, 1.165) is 18.5 Å². The van der Waals surface area contributed by atoms with E-state index in [4.69, 9.17) is 4.42 Å². The number of hydrogen-bond donors (Lipinski definition) is 1. The number of aromatic nitrogens is 3. The number of nitrogens with one attached hydrogen (secondary N) is 1. The first-order valence-electron chi connectivity index (χ1n) is 6.21. The Morgan fingerprint density at radius 3 is 2.67 bits per heavy atom. The van der Waals surface area contributed by atoms with Crippen molar-refractivity contribution in [2.24, 2.45) is 0 Å². The first-order chi connectivity index (χ1) is 8.72. The zero-order valence-corrected chi connectivity index (χ0v) is 11.8. The maximum atomic E-state index is 5.44. The molecule has 0 unspecified atom stereocenters. The van der Waals surface area contributed by atoms with Crippen LogP contribution in [0.3, 0.4) is 0 Å². The fourth-order valence-electron chi connectivity index (χ4n) is 1.53. The summed E-state index contributed by atoms with van der Waals surface area (Å²) in [5.74, 6) is 1.31. The lowest BCUT2D eigenvalue weighted by Gasteiger charge is -2.08. The summed E-state index contributed by atoms with van der Waals surface area (Å²) in [5.41, 5.74) is 1.08. The van der Waals surface area contributed by atoms with Gasteiger partial charge < -0.3 is 9.73 Å². The second-order valence-electron chi connectivity index (χ2n) is 4.07. The summed E-state index contributed by atoms with van der Waals surface area (Å²) in [5, 5.41) is 14.5. The van der Waals surface area contributed by atoms with E-state index < -0.39 is 0 Å². The minimum absolute atomic E-state index is 0.193. The van der Waals surface area contributed by atoms with Gasteiger partial charge in [-0.1, -0.05) is 13.8 Å². The molecular weight excluding hydrogens is 248 g/mol. The maximum Gasteiger partial charge on any atom is 0.230 e. The van der Waals surface area contributed by atoms with Crippen molar-refractivity contribution in [1.29, 1.82) is 0 Å². The van der Waals surface area contributed by atoms with E-state index in [1.807, 2.05) is 6.92 Å². The van der Waals surface area contributed by atoms with Gasteiger partial charge >= 0.3 is 0 Å². The van der Waals surface area contributed by atoms with Crippen molar-refractivity contribution in [3.8, 4) is 0 Å². The van der Waals surface area contributed by atoms with Crippen LogP contribution in [0.4, 0.5) is 0 Å². The van der Waals surface area contributed by atoms with Gasteiger partial charge in [-0.3, -0.25) is 0 Å². The quantitative estimate of drug-likeness (QED) is 0.870. The molecule has 0 spiro atoms. The number of aryl methyl sites for hydroxylation is 2. The first-order valence-corrected chi connectivity index (χ1v) is 7.09. The van der Waals surface area contributed by atoms with Crippen LogP contribution in [-0.4, -0.2) is 15.2 Å². The van der Waals surface area contributed by atoms with Crippen LogP contribution >= 0.6 is 11.3 Å². The van der Waals surface area contributed by atoms with Crippen LogP contribution in [0.1, 0.15) is 49.3 Å². The van der Waals surface area contributed by atoms with Gasteiger partial charge in [0.1, 0.15) is 0 Å². The third-order valence-electron chi connectivity index (χ3n) is 2.69. The lowest BCUT2D eigenvalue weighted by molar-refractivity contribution is 0.420. The van der Waals surface area contributed by atoms with E-state index in [1.165, 1.54) is 5.01 Å². The van der Waals surface area contributed by atoms with Crippen LogP contribution in [0.15, 0.2) is 9.80 Å². The normalized spacial score (nSPS) is 12.8. The SMILES string of the molecule is CCc1nnc(CN[C@H](C)c2csc(CC)n2)o1. The highest BCUT2D eigenvalue weighted by molar-refractivity contribution is 7.09. The minimum atomic E-state index is 0.193. The van der Waals surface area contributed by atoms with E-state index in [9.17, 15) is 0 Å². The Morgan fingerprint density at radius 2 is 2.06 bits per heavy atom. The van der Waals surface area contributed by atoms with Crippen molar-refractivity contribution in [3.63, 3.8) is 0 Å². The molecule has 2 rings (SSSR count). The molecule has 98 valence electrons. The van der Waals surface area contributed by atoms with Crippen LogP contribution in [0.25, 0.3) is 0 Å². The summed E-state index contributed by atoms with van der Waals surface area (Å²) in [6.45, 7) is 6.78. The van der Waals surface area contributed by atoms with Gasteiger partial charge in [0.05, 0.1) is 17.2 Å². The highest BCUT2D eigenvalue weighted by Gasteiger charge is 2.11. The molecule has 0 saturated heterocycles. The van der Waals surface area contributed by atoms with Crippen molar-refractivity contribution in [2.75, 3.05) is 0 Å². The number of thiazole rings is 1. The van der Waals surface area contributed by atoms with Crippen molar-refractivity contribution >= 4 is 11.3 Å². The molecule has 0 saturated carbocycles. The monoisotopic (exact) mass is 266 g/mol. The third kappa shape index (κ3) is 3.14. The molecule has 18 heavy (non-hydrogen) atoms. The topological polar surface area (TPSA) is 63.8 Å². The molecule has 0 aliphatic carbocycles. The third-order valence-corrected chi connectivity index (χ3v) is 3.70. The molecule has 0 radical (unpaired) electrons. The molecule has 0 aliphatic heterocycles. The molecule has 0 bridgehead atoms. The van der Waals surface area contributed by atoms with Crippen LogP contribution in [-0.2, 0) is 19.4 Å². The Morgan fingerprint density at radius 1 is 1.28 bits per heavy atom. The molecule has 0 amide bonds. The van der Waals surface area contributed by atoms with E-state index >= 15 is 0 Å². The van der Waals surface area contributed by atoms with Crippen molar-refractivity contribution in [2.45, 2.75) is 46.2 Å². The average Bonchev–Trinajstić information content (AvgIpc) is 3.04. The molecule has 0 aromatic carbocycles. The van der Waals surface area contributed by atoms with Crippen molar-refractivity contribution in [1.82, 2.24) is 20.5 Å². The summed E-state index contributed by atoms with van der Waals surface area (Å²) >= 11 is 1.70. The van der Waals surface area contributed by atoms with Crippen molar-refractivity contribution < 1.29 is 4.42 Å². The van der Waals surface area contributed by atoms with Gasteiger partial charge in [0.15, 0.2) is 0 Å². The zero-order chi connectivity index (χ0) is 13.0. The Bertz CT molecular complexity index is 494. The van der Waals surface area contributed by atoms with E-state index in [-0.39, 0.29) is 6.04 Å². The number of hydrogen-bond acceptors (Lipinski definition) is 6. The van der Waals surface area contributed by atoms with Gasteiger partial charge in [0, 0.05) is 17.8 Å². The molecule has 5 nitrogen and oxygen atoms in total. The summed E-state index contributed by atoms with van der Waals surface area (Å²) in [7, 11) is 0. The van der Waals surface area contributed by atoms with Crippen LogP contribution in [0.5, 0.6) is 0 Å². The smallest absolute Gasteiger partial charge is 0.230 e. The van der Waals surface area contributed by atoms with Gasteiger partial charge in [-0.2, -0.15) is 0 Å². The summed E-state index contributed by atoms with van der Waals surface area (Å²) in [4.78, 5) is 4.55. The Balaban J connectivity index is 1.89. The zero-order valence-electron chi connectivity index (χ0n) is 10.9. The average molecular weight is 266 g/mol. The summed E-state index contributed by atoms with van der Waals surface area (Å²) in [6, 6.07) is 0.193. The predicted molar refractivity (Wildman–Crippen MR) is 70.4 cm³/mol. The van der Waals surface area contributed by atoms with Gasteiger partial charge in [-0.15, -0.1) is 21.5 Å². The predicted octanol–water partition coefficient (Wildman–Crippen LogP) is 2.50. The lowest BCUT2D eigenvalue weighted by atomic mass is 10.2. The van der Waals surface area contributed by atoms with Crippen LogP contribution < -0.4 is 5.32 Å². The Hall–Kier alpha value is -1.27. The Kier molecular flexibility index (Phi) is 4.43. The first kappa shape index (κ1) is 13.2. The van der Waals surface area contributed by atoms with Crippen LogP contribution in [0, 0.1) is 0 Å². The molecular formula is C12H18N4OS. The second kappa shape index (κ2) is 6.06. The largest absolute Gasteiger partial charge is 0.424 e. The molecule has 2 aromatic heterocycles. The van der Waals surface area contributed by atoms with Gasteiger partial charge in [0.2, 0.25) is 11.8 Å². The second-order valence-corrected chi connectivity index (χ2v) is 5.01. The fourth-order valence-corrected chi connectivity index (χ4v) is 2.37.